The lowest BCUT2D eigenvalue weighted by Crippen LogP contribution is -2.26. The highest BCUT2D eigenvalue weighted by atomic mass is 14.9. The van der Waals surface area contributed by atoms with Crippen molar-refractivity contribution in [3.63, 3.8) is 0 Å². The lowest BCUT2D eigenvalue weighted by molar-refractivity contribution is 0.759. The van der Waals surface area contributed by atoms with Crippen molar-refractivity contribution in [3.05, 3.63) is 240 Å². The summed E-state index contributed by atoms with van der Waals surface area (Å²) < 4.78 is 0. The first kappa shape index (κ1) is 35.9. The van der Waals surface area contributed by atoms with Crippen LogP contribution < -0.4 is 5.32 Å². The van der Waals surface area contributed by atoms with Gasteiger partial charge in [-0.15, -0.1) is 0 Å². The summed E-state index contributed by atoms with van der Waals surface area (Å²) in [5.74, 6) is 0.0894. The number of anilines is 1. The second-order valence-electron chi connectivity index (χ2n) is 16.6. The minimum Gasteiger partial charge on any atom is -0.378 e. The number of allylic oxidation sites excluding steroid dienone is 2. The molecule has 11 rings (SSSR count). The number of nitrogens with one attached hydrogen (secondary N) is 1. The van der Waals surface area contributed by atoms with Gasteiger partial charge in [0.1, 0.15) is 0 Å². The van der Waals surface area contributed by atoms with Crippen molar-refractivity contribution in [2.75, 3.05) is 5.32 Å². The number of benzene rings is 9. The van der Waals surface area contributed by atoms with Crippen LogP contribution in [0.4, 0.5) is 5.69 Å². The van der Waals surface area contributed by atoms with Crippen molar-refractivity contribution in [2.24, 2.45) is 0 Å². The van der Waals surface area contributed by atoms with Gasteiger partial charge in [-0.25, -0.2) is 0 Å². The van der Waals surface area contributed by atoms with Crippen LogP contribution in [-0.4, -0.2) is 6.04 Å². The van der Waals surface area contributed by atoms with Crippen molar-refractivity contribution in [3.8, 4) is 44.5 Å². The van der Waals surface area contributed by atoms with E-state index in [1.165, 1.54) is 105 Å². The fourth-order valence-corrected chi connectivity index (χ4v) is 9.85. The Labute approximate surface area is 353 Å². The van der Waals surface area contributed by atoms with Gasteiger partial charge in [-0.1, -0.05) is 188 Å². The molecular weight excluding hydrogens is 723 g/mol. The Morgan fingerprint density at radius 1 is 0.467 bits per heavy atom. The average Bonchev–Trinajstić information content (AvgIpc) is 3.69. The quantitative estimate of drug-likeness (QED) is 0.170. The van der Waals surface area contributed by atoms with E-state index in [4.69, 9.17) is 0 Å². The van der Waals surface area contributed by atoms with Crippen LogP contribution in [-0.2, 0) is 6.42 Å². The second-order valence-corrected chi connectivity index (χ2v) is 16.6. The van der Waals surface area contributed by atoms with Gasteiger partial charge >= 0.3 is 0 Å². The highest BCUT2D eigenvalue weighted by Crippen LogP contribution is 2.46. The van der Waals surface area contributed by atoms with Crippen molar-refractivity contribution >= 4 is 32.8 Å². The lowest BCUT2D eigenvalue weighted by Gasteiger charge is -2.29. The molecule has 1 heteroatoms. The molecular formula is C59H45N. The molecule has 1 nitrogen and oxygen atoms in total. The fraction of sp³-hybridized carbons (Fsp3) is 0.0847. The first-order chi connectivity index (χ1) is 29.5. The molecule has 0 heterocycles. The third-order valence-electron chi connectivity index (χ3n) is 12.9. The molecule has 2 aliphatic rings. The number of rotatable bonds is 7. The molecule has 0 aromatic heterocycles. The van der Waals surface area contributed by atoms with E-state index in [1.54, 1.807) is 0 Å². The molecule has 286 valence electrons. The van der Waals surface area contributed by atoms with Crippen LogP contribution in [0.2, 0.25) is 0 Å². The summed E-state index contributed by atoms with van der Waals surface area (Å²) >= 11 is 0. The highest BCUT2D eigenvalue weighted by Gasteiger charge is 2.26. The van der Waals surface area contributed by atoms with Gasteiger partial charge in [0.05, 0.1) is 6.04 Å². The van der Waals surface area contributed by atoms with Gasteiger partial charge in [-0.2, -0.15) is 0 Å². The molecule has 0 spiro atoms. The smallest absolute Gasteiger partial charge is 0.0551 e. The molecule has 2 unspecified atom stereocenters. The number of hydrogen-bond acceptors (Lipinski definition) is 1. The first-order valence-electron chi connectivity index (χ1n) is 21.2. The minimum absolute atomic E-state index is 0.0387. The molecule has 2 aliphatic carbocycles. The van der Waals surface area contributed by atoms with E-state index in [0.29, 0.717) is 0 Å². The Balaban J connectivity index is 0.963. The Morgan fingerprint density at radius 2 is 1.17 bits per heavy atom. The largest absolute Gasteiger partial charge is 0.378 e. The van der Waals surface area contributed by atoms with Crippen LogP contribution in [0.5, 0.6) is 0 Å². The van der Waals surface area contributed by atoms with Crippen molar-refractivity contribution in [1.29, 1.82) is 0 Å². The zero-order valence-corrected chi connectivity index (χ0v) is 34.0. The third kappa shape index (κ3) is 6.44. The maximum absolute atomic E-state index is 4.02. The van der Waals surface area contributed by atoms with Gasteiger partial charge < -0.3 is 5.32 Å². The summed E-state index contributed by atoms with van der Waals surface area (Å²) in [6.45, 7) is 4.44. The summed E-state index contributed by atoms with van der Waals surface area (Å²) in [5, 5.41) is 9.21. The zero-order valence-electron chi connectivity index (χ0n) is 34.0. The standard InChI is InChI=1S/C59H45N/c1-38-12-3-7-21-51(38)52-29-27-44(32-39(52)2)46-28-31-58(56(36-46)47-17-9-16-43(34-47)45-25-24-40-13-4-5-15-42(40)33-45)60-50-20-10-18-48(35-50)54-23-11-19-49-37-57-53-22-8-6-14-41(53)26-30-55(57)59(49)54/h3-36,56,58,60H,37H2,1-2H3. The zero-order chi connectivity index (χ0) is 40.2. The van der Waals surface area contributed by atoms with Crippen LogP contribution in [0.3, 0.4) is 0 Å². The molecule has 0 radical (unpaired) electrons. The molecule has 9 aromatic carbocycles. The van der Waals surface area contributed by atoms with Crippen molar-refractivity contribution < 1.29 is 0 Å². The third-order valence-corrected chi connectivity index (χ3v) is 12.9. The van der Waals surface area contributed by atoms with E-state index >= 15 is 0 Å². The van der Waals surface area contributed by atoms with E-state index in [1.807, 2.05) is 0 Å². The molecule has 0 saturated carbocycles. The number of aryl methyl sites for hydroxylation is 2. The Hall–Kier alpha value is -7.22. The van der Waals surface area contributed by atoms with E-state index < -0.39 is 0 Å². The van der Waals surface area contributed by atoms with Crippen LogP contribution in [0.25, 0.3) is 71.6 Å². The topological polar surface area (TPSA) is 12.0 Å². The van der Waals surface area contributed by atoms with Crippen molar-refractivity contribution in [1.82, 2.24) is 0 Å². The Bertz CT molecular complexity index is 3200. The molecule has 0 fully saturated rings. The number of hydrogen-bond donors (Lipinski definition) is 1. The van der Waals surface area contributed by atoms with Gasteiger partial charge in [-0.05, 0) is 143 Å². The fourth-order valence-electron chi connectivity index (χ4n) is 9.85. The second kappa shape index (κ2) is 14.9. The predicted octanol–water partition coefficient (Wildman–Crippen LogP) is 15.4. The molecule has 0 bridgehead atoms. The van der Waals surface area contributed by atoms with Gasteiger partial charge in [-0.3, -0.25) is 0 Å². The SMILES string of the molecule is Cc1ccccc1-c1ccc(C2=CC(c3cccc(-c4ccc5ccccc5c4)c3)C(Nc3cccc(-c4cccc5c4-c4ccc6ccccc6c4C5)c3)C=C2)cc1C. The highest BCUT2D eigenvalue weighted by molar-refractivity contribution is 5.99. The van der Waals surface area contributed by atoms with E-state index in [-0.39, 0.29) is 12.0 Å². The van der Waals surface area contributed by atoms with Crippen LogP contribution in [0.1, 0.15) is 39.3 Å². The lowest BCUT2D eigenvalue weighted by atomic mass is 9.82. The summed E-state index contributed by atoms with van der Waals surface area (Å²) in [4.78, 5) is 0. The maximum Gasteiger partial charge on any atom is 0.0551 e. The van der Waals surface area contributed by atoms with Gasteiger partial charge in [0, 0.05) is 11.6 Å². The minimum atomic E-state index is 0.0387. The van der Waals surface area contributed by atoms with E-state index in [2.05, 4.69) is 225 Å². The molecule has 60 heavy (non-hydrogen) atoms. The molecule has 1 N–H and O–H groups in total. The van der Waals surface area contributed by atoms with Gasteiger partial charge in [0.15, 0.2) is 0 Å². The van der Waals surface area contributed by atoms with Crippen LogP contribution in [0.15, 0.2) is 206 Å². The monoisotopic (exact) mass is 767 g/mol. The van der Waals surface area contributed by atoms with Gasteiger partial charge in [0.25, 0.3) is 0 Å². The maximum atomic E-state index is 4.02. The summed E-state index contributed by atoms with van der Waals surface area (Å²) in [6.07, 6.45) is 8.14. The molecule has 2 atom stereocenters. The summed E-state index contributed by atoms with van der Waals surface area (Å²) in [6, 6.07) is 69.5. The first-order valence-corrected chi connectivity index (χ1v) is 21.2. The Kier molecular flexibility index (Phi) is 8.89. The normalized spacial score (nSPS) is 15.5. The Morgan fingerprint density at radius 3 is 2.07 bits per heavy atom. The number of fused-ring (bicyclic) bond motifs is 6. The van der Waals surface area contributed by atoms with Gasteiger partial charge in [0.2, 0.25) is 0 Å². The average molecular weight is 768 g/mol. The summed E-state index contributed by atoms with van der Waals surface area (Å²) in [5.41, 5.74) is 20.6. The van der Waals surface area contributed by atoms with E-state index in [9.17, 15) is 0 Å². The van der Waals surface area contributed by atoms with Crippen LogP contribution in [0, 0.1) is 13.8 Å². The van der Waals surface area contributed by atoms with Crippen LogP contribution >= 0.6 is 0 Å². The molecule has 0 aliphatic heterocycles. The van der Waals surface area contributed by atoms with E-state index in [0.717, 1.165) is 12.1 Å². The molecule has 9 aromatic rings. The summed E-state index contributed by atoms with van der Waals surface area (Å²) in [7, 11) is 0. The molecule has 0 amide bonds. The van der Waals surface area contributed by atoms with Crippen molar-refractivity contribution in [2.45, 2.75) is 32.2 Å². The molecule has 0 saturated heterocycles. The predicted molar refractivity (Wildman–Crippen MR) is 256 cm³/mol.